The number of carbonyl (C=O) groups excluding carboxylic acids is 1. The summed E-state index contributed by atoms with van der Waals surface area (Å²) in [5.41, 5.74) is 3.17. The van der Waals surface area contributed by atoms with E-state index in [2.05, 4.69) is 20.3 Å². The summed E-state index contributed by atoms with van der Waals surface area (Å²) in [5.74, 6) is 0.690. The number of carbonyl (C=O) groups is 1. The predicted octanol–water partition coefficient (Wildman–Crippen LogP) is 2.59. The molecule has 158 valence electrons. The Morgan fingerprint density at radius 3 is 2.57 bits per heavy atom. The van der Waals surface area contributed by atoms with Gasteiger partial charge in [-0.2, -0.15) is 0 Å². The Morgan fingerprint density at radius 2 is 1.93 bits per heavy atom. The molecule has 1 unspecified atom stereocenters. The molecule has 1 atom stereocenters. The van der Waals surface area contributed by atoms with E-state index in [-0.39, 0.29) is 17.9 Å². The molecule has 0 bridgehead atoms. The Balaban J connectivity index is 1.38. The van der Waals surface area contributed by atoms with Crippen molar-refractivity contribution < 1.29 is 13.2 Å². The Hall–Kier alpha value is -2.78. The summed E-state index contributed by atoms with van der Waals surface area (Å²) in [6.07, 6.45) is 4.29. The number of amides is 1. The van der Waals surface area contributed by atoms with Crippen LogP contribution in [0.2, 0.25) is 0 Å². The zero-order chi connectivity index (χ0) is 21.3. The van der Waals surface area contributed by atoms with Crippen LogP contribution < -0.4 is 5.32 Å². The molecule has 1 saturated heterocycles. The van der Waals surface area contributed by atoms with Crippen LogP contribution in [0.4, 0.5) is 0 Å². The SMILES string of the molecule is CC(NC(=O)c1ccc(C2CCN(S(C)(=O)=O)CC2)nc1)c1nc2ccccc2[nH]1. The van der Waals surface area contributed by atoms with E-state index >= 15 is 0 Å². The van der Waals surface area contributed by atoms with Gasteiger partial charge in [0.05, 0.1) is 28.9 Å². The summed E-state index contributed by atoms with van der Waals surface area (Å²) >= 11 is 0. The van der Waals surface area contributed by atoms with Crippen LogP contribution in [0.15, 0.2) is 42.6 Å². The molecule has 1 aliphatic heterocycles. The van der Waals surface area contributed by atoms with Crippen molar-refractivity contribution in [2.45, 2.75) is 31.7 Å². The molecule has 0 aliphatic carbocycles. The monoisotopic (exact) mass is 427 g/mol. The number of pyridine rings is 1. The third-order valence-electron chi connectivity index (χ3n) is 5.56. The van der Waals surface area contributed by atoms with E-state index in [1.54, 1.807) is 12.3 Å². The van der Waals surface area contributed by atoms with E-state index in [1.165, 1.54) is 10.6 Å². The first kappa shape index (κ1) is 20.5. The van der Waals surface area contributed by atoms with Crippen LogP contribution in [-0.4, -0.2) is 52.9 Å². The summed E-state index contributed by atoms with van der Waals surface area (Å²) in [6.45, 7) is 2.89. The molecule has 1 aromatic carbocycles. The van der Waals surface area contributed by atoms with Gasteiger partial charge in [0, 0.05) is 30.9 Å². The van der Waals surface area contributed by atoms with Gasteiger partial charge in [0.25, 0.3) is 5.91 Å². The standard InChI is InChI=1S/C21H25N5O3S/c1-14(20-24-18-5-3-4-6-19(18)25-20)23-21(27)16-7-8-17(22-13-16)15-9-11-26(12-10-15)30(2,28)29/h3-8,13-15H,9-12H2,1-2H3,(H,23,27)(H,24,25). The summed E-state index contributed by atoms with van der Waals surface area (Å²) < 4.78 is 24.8. The molecule has 3 aromatic rings. The number of piperidine rings is 1. The molecular weight excluding hydrogens is 402 g/mol. The number of fused-ring (bicyclic) bond motifs is 1. The Bertz CT molecular complexity index is 1120. The summed E-state index contributed by atoms with van der Waals surface area (Å²) in [4.78, 5) is 24.8. The average molecular weight is 428 g/mol. The first-order valence-electron chi connectivity index (χ1n) is 9.98. The number of nitrogens with zero attached hydrogens (tertiary/aromatic N) is 3. The van der Waals surface area contributed by atoms with Crippen LogP contribution in [-0.2, 0) is 10.0 Å². The maximum Gasteiger partial charge on any atom is 0.253 e. The Morgan fingerprint density at radius 1 is 1.20 bits per heavy atom. The van der Waals surface area contributed by atoms with Gasteiger partial charge in [-0.05, 0) is 44.0 Å². The fourth-order valence-electron chi connectivity index (χ4n) is 3.79. The van der Waals surface area contributed by atoms with Crippen molar-refractivity contribution in [2.24, 2.45) is 0 Å². The van der Waals surface area contributed by atoms with Crippen LogP contribution >= 0.6 is 0 Å². The molecule has 4 rings (SSSR count). The van der Waals surface area contributed by atoms with Crippen molar-refractivity contribution in [1.29, 1.82) is 0 Å². The van der Waals surface area contributed by atoms with Crippen molar-refractivity contribution >= 4 is 27.0 Å². The van der Waals surface area contributed by atoms with Crippen LogP contribution in [0.5, 0.6) is 0 Å². The molecule has 30 heavy (non-hydrogen) atoms. The van der Waals surface area contributed by atoms with Gasteiger partial charge >= 0.3 is 0 Å². The zero-order valence-corrected chi connectivity index (χ0v) is 17.8. The van der Waals surface area contributed by atoms with Crippen LogP contribution in [0.25, 0.3) is 11.0 Å². The van der Waals surface area contributed by atoms with E-state index in [0.29, 0.717) is 24.5 Å². The van der Waals surface area contributed by atoms with Crippen molar-refractivity contribution in [3.63, 3.8) is 0 Å². The molecule has 0 spiro atoms. The zero-order valence-electron chi connectivity index (χ0n) is 17.0. The number of hydrogen-bond acceptors (Lipinski definition) is 5. The van der Waals surface area contributed by atoms with E-state index in [0.717, 1.165) is 29.6 Å². The second-order valence-corrected chi connectivity index (χ2v) is 9.72. The van der Waals surface area contributed by atoms with Gasteiger partial charge in [-0.1, -0.05) is 12.1 Å². The largest absolute Gasteiger partial charge is 0.342 e. The van der Waals surface area contributed by atoms with Crippen molar-refractivity contribution in [3.05, 3.63) is 59.7 Å². The summed E-state index contributed by atoms with van der Waals surface area (Å²) in [6, 6.07) is 11.1. The first-order chi connectivity index (χ1) is 14.3. The third kappa shape index (κ3) is 4.36. The summed E-state index contributed by atoms with van der Waals surface area (Å²) in [5, 5.41) is 2.95. The number of nitrogens with one attached hydrogen (secondary N) is 2. The van der Waals surface area contributed by atoms with E-state index in [4.69, 9.17) is 0 Å². The molecule has 1 amide bonds. The minimum Gasteiger partial charge on any atom is -0.342 e. The Kier molecular flexibility index (Phi) is 5.57. The maximum absolute atomic E-state index is 12.6. The molecule has 2 aromatic heterocycles. The Labute approximate surface area is 175 Å². The smallest absolute Gasteiger partial charge is 0.253 e. The number of aromatic nitrogens is 3. The number of hydrogen-bond donors (Lipinski definition) is 2. The molecule has 3 heterocycles. The van der Waals surface area contributed by atoms with Gasteiger partial charge in [0.15, 0.2) is 0 Å². The lowest BCUT2D eigenvalue weighted by Crippen LogP contribution is -2.37. The normalized spacial score (nSPS) is 17.1. The predicted molar refractivity (Wildman–Crippen MR) is 115 cm³/mol. The maximum atomic E-state index is 12.6. The number of H-pyrrole nitrogens is 1. The lowest BCUT2D eigenvalue weighted by molar-refractivity contribution is 0.0938. The molecule has 0 radical (unpaired) electrons. The first-order valence-corrected chi connectivity index (χ1v) is 11.8. The van der Waals surface area contributed by atoms with Gasteiger partial charge < -0.3 is 10.3 Å². The minimum atomic E-state index is -3.14. The van der Waals surface area contributed by atoms with Crippen LogP contribution in [0.3, 0.4) is 0 Å². The minimum absolute atomic E-state index is 0.203. The highest BCUT2D eigenvalue weighted by molar-refractivity contribution is 7.88. The second kappa shape index (κ2) is 8.16. The quantitative estimate of drug-likeness (QED) is 0.651. The number of imidazole rings is 1. The highest BCUT2D eigenvalue weighted by atomic mass is 32.2. The van der Waals surface area contributed by atoms with Crippen molar-refractivity contribution in [2.75, 3.05) is 19.3 Å². The topological polar surface area (TPSA) is 108 Å². The van der Waals surface area contributed by atoms with Gasteiger partial charge in [0.2, 0.25) is 10.0 Å². The number of benzene rings is 1. The fraction of sp³-hybridized carbons (Fsp3) is 0.381. The molecular formula is C21H25N5O3S. The van der Waals surface area contributed by atoms with Crippen LogP contribution in [0.1, 0.15) is 53.6 Å². The third-order valence-corrected chi connectivity index (χ3v) is 6.86. The molecule has 1 aliphatic rings. The number of aromatic amines is 1. The number of para-hydroxylation sites is 2. The van der Waals surface area contributed by atoms with Crippen molar-refractivity contribution in [3.8, 4) is 0 Å². The highest BCUT2D eigenvalue weighted by Gasteiger charge is 2.26. The second-order valence-electron chi connectivity index (χ2n) is 7.74. The van der Waals surface area contributed by atoms with E-state index < -0.39 is 10.0 Å². The number of sulfonamides is 1. The van der Waals surface area contributed by atoms with Gasteiger partial charge in [-0.25, -0.2) is 17.7 Å². The molecule has 0 saturated carbocycles. The summed E-state index contributed by atoms with van der Waals surface area (Å²) in [7, 11) is -3.14. The fourth-order valence-corrected chi connectivity index (χ4v) is 4.66. The van der Waals surface area contributed by atoms with E-state index in [1.807, 2.05) is 37.3 Å². The lowest BCUT2D eigenvalue weighted by atomic mass is 9.94. The van der Waals surface area contributed by atoms with Gasteiger partial charge in [0.1, 0.15) is 5.82 Å². The average Bonchev–Trinajstić information content (AvgIpc) is 3.18. The molecule has 1 fully saturated rings. The van der Waals surface area contributed by atoms with Gasteiger partial charge in [-0.15, -0.1) is 0 Å². The molecule has 9 heteroatoms. The number of rotatable bonds is 5. The highest BCUT2D eigenvalue weighted by Crippen LogP contribution is 2.27. The lowest BCUT2D eigenvalue weighted by Gasteiger charge is -2.29. The van der Waals surface area contributed by atoms with Crippen molar-refractivity contribution in [1.82, 2.24) is 24.6 Å². The molecule has 8 nitrogen and oxygen atoms in total. The van der Waals surface area contributed by atoms with Crippen LogP contribution in [0, 0.1) is 0 Å². The van der Waals surface area contributed by atoms with Gasteiger partial charge in [-0.3, -0.25) is 9.78 Å². The molecule has 2 N–H and O–H groups in total. The van der Waals surface area contributed by atoms with E-state index in [9.17, 15) is 13.2 Å².